The van der Waals surface area contributed by atoms with Crippen molar-refractivity contribution in [3.63, 3.8) is 0 Å². The first-order valence-electron chi connectivity index (χ1n) is 6.11. The zero-order chi connectivity index (χ0) is 12.5. The molecular weight excluding hydrogens is 232 g/mol. The van der Waals surface area contributed by atoms with E-state index >= 15 is 0 Å². The van der Waals surface area contributed by atoms with Crippen LogP contribution in [0.25, 0.3) is 0 Å². The molecule has 5 nitrogen and oxygen atoms in total. The molecule has 2 aliphatic heterocycles. The maximum Gasteiger partial charge on any atom is 0.277 e. The summed E-state index contributed by atoms with van der Waals surface area (Å²) in [6.07, 6.45) is 2.31. The Morgan fingerprint density at radius 1 is 1.33 bits per heavy atom. The van der Waals surface area contributed by atoms with Crippen molar-refractivity contribution in [1.29, 1.82) is 0 Å². The fourth-order valence-corrected chi connectivity index (χ4v) is 2.26. The summed E-state index contributed by atoms with van der Waals surface area (Å²) in [6, 6.07) is 5.27. The van der Waals surface area contributed by atoms with Gasteiger partial charge in [-0.2, -0.15) is 0 Å². The lowest BCUT2D eigenvalue weighted by Gasteiger charge is -2.25. The van der Waals surface area contributed by atoms with Crippen molar-refractivity contribution in [2.24, 2.45) is 0 Å². The van der Waals surface area contributed by atoms with Gasteiger partial charge in [-0.05, 0) is 36.6 Å². The summed E-state index contributed by atoms with van der Waals surface area (Å²) >= 11 is 0. The molecule has 0 spiro atoms. The summed E-state index contributed by atoms with van der Waals surface area (Å²) in [6.45, 7) is 1.23. The van der Waals surface area contributed by atoms with Crippen molar-refractivity contribution in [3.8, 4) is 0 Å². The second kappa shape index (κ2) is 4.42. The van der Waals surface area contributed by atoms with E-state index in [-0.39, 0.29) is 11.8 Å². The Morgan fingerprint density at radius 2 is 2.22 bits per heavy atom. The summed E-state index contributed by atoms with van der Waals surface area (Å²) in [7, 11) is 0. The third-order valence-electron chi connectivity index (χ3n) is 3.21. The molecule has 0 aliphatic carbocycles. The second-order valence-corrected chi connectivity index (χ2v) is 4.54. The molecule has 2 amide bonds. The lowest BCUT2D eigenvalue weighted by Crippen LogP contribution is -2.35. The molecule has 18 heavy (non-hydrogen) atoms. The van der Waals surface area contributed by atoms with E-state index < -0.39 is 0 Å². The number of hydrogen-bond donors (Lipinski definition) is 1. The van der Waals surface area contributed by atoms with Crippen LogP contribution >= 0.6 is 0 Å². The standard InChI is InChI=1S/C13H14N2O3/c16-12-8-10-7-9(3-4-11(10)14-12)13(17)15-5-1-2-6-18-15/h3-4,7H,1-2,5-6,8H2,(H,14,16). The number of amides is 2. The molecule has 0 radical (unpaired) electrons. The van der Waals surface area contributed by atoms with Gasteiger partial charge in [0.25, 0.3) is 5.91 Å². The van der Waals surface area contributed by atoms with Crippen molar-refractivity contribution >= 4 is 17.5 Å². The summed E-state index contributed by atoms with van der Waals surface area (Å²) < 4.78 is 0. The van der Waals surface area contributed by atoms with Crippen LogP contribution in [0.4, 0.5) is 5.69 Å². The highest BCUT2D eigenvalue weighted by atomic mass is 16.7. The first kappa shape index (κ1) is 11.2. The third kappa shape index (κ3) is 1.97. The minimum absolute atomic E-state index is 0.0242. The minimum atomic E-state index is -0.128. The van der Waals surface area contributed by atoms with Crippen molar-refractivity contribution in [2.45, 2.75) is 19.3 Å². The lowest BCUT2D eigenvalue weighted by molar-refractivity contribution is -0.144. The maximum atomic E-state index is 12.2. The highest BCUT2D eigenvalue weighted by Gasteiger charge is 2.23. The maximum absolute atomic E-state index is 12.2. The van der Waals surface area contributed by atoms with E-state index in [1.54, 1.807) is 18.2 Å². The van der Waals surface area contributed by atoms with Gasteiger partial charge in [-0.3, -0.25) is 14.4 Å². The minimum Gasteiger partial charge on any atom is -0.326 e. The average molecular weight is 246 g/mol. The molecule has 94 valence electrons. The van der Waals surface area contributed by atoms with Crippen LogP contribution in [0.1, 0.15) is 28.8 Å². The third-order valence-corrected chi connectivity index (χ3v) is 3.21. The average Bonchev–Trinajstić information content (AvgIpc) is 2.78. The van der Waals surface area contributed by atoms with E-state index in [0.717, 1.165) is 24.1 Å². The van der Waals surface area contributed by atoms with Crippen molar-refractivity contribution in [3.05, 3.63) is 29.3 Å². The zero-order valence-electron chi connectivity index (χ0n) is 9.94. The van der Waals surface area contributed by atoms with Gasteiger partial charge in [0.15, 0.2) is 0 Å². The van der Waals surface area contributed by atoms with Crippen LogP contribution in [-0.2, 0) is 16.1 Å². The Balaban J connectivity index is 1.82. The molecule has 1 aromatic carbocycles. The zero-order valence-corrected chi connectivity index (χ0v) is 9.94. The predicted molar refractivity (Wildman–Crippen MR) is 65.0 cm³/mol. The monoisotopic (exact) mass is 246 g/mol. The van der Waals surface area contributed by atoms with Gasteiger partial charge in [-0.1, -0.05) is 0 Å². The Morgan fingerprint density at radius 3 is 3.00 bits per heavy atom. The Kier molecular flexibility index (Phi) is 2.76. The van der Waals surface area contributed by atoms with Gasteiger partial charge in [0.05, 0.1) is 13.0 Å². The number of benzene rings is 1. The fraction of sp³-hybridized carbons (Fsp3) is 0.385. The van der Waals surface area contributed by atoms with Crippen LogP contribution in [0, 0.1) is 0 Å². The highest BCUT2D eigenvalue weighted by molar-refractivity contribution is 6.01. The quantitative estimate of drug-likeness (QED) is 0.813. The Hall–Kier alpha value is -1.88. The van der Waals surface area contributed by atoms with Gasteiger partial charge in [0, 0.05) is 17.8 Å². The van der Waals surface area contributed by atoms with Crippen molar-refractivity contribution in [1.82, 2.24) is 5.06 Å². The van der Waals surface area contributed by atoms with Gasteiger partial charge < -0.3 is 5.32 Å². The first-order chi connectivity index (χ1) is 8.74. The number of hydroxylamine groups is 2. The molecule has 1 N–H and O–H groups in total. The molecular formula is C13H14N2O3. The number of nitrogens with one attached hydrogen (secondary N) is 1. The fourth-order valence-electron chi connectivity index (χ4n) is 2.26. The van der Waals surface area contributed by atoms with Gasteiger partial charge in [0.1, 0.15) is 0 Å². The highest BCUT2D eigenvalue weighted by Crippen LogP contribution is 2.24. The number of rotatable bonds is 1. The summed E-state index contributed by atoms with van der Waals surface area (Å²) in [4.78, 5) is 28.8. The van der Waals surface area contributed by atoms with Crippen molar-refractivity contribution < 1.29 is 14.4 Å². The van der Waals surface area contributed by atoms with Gasteiger partial charge in [-0.15, -0.1) is 0 Å². The molecule has 0 saturated carbocycles. The number of fused-ring (bicyclic) bond motifs is 1. The Labute approximate surface area is 105 Å². The molecule has 3 rings (SSSR count). The lowest BCUT2D eigenvalue weighted by atomic mass is 10.1. The summed E-state index contributed by atoms with van der Waals surface area (Å²) in [5.41, 5.74) is 2.26. The number of hydrogen-bond acceptors (Lipinski definition) is 3. The molecule has 2 heterocycles. The molecule has 1 aromatic rings. The first-order valence-corrected chi connectivity index (χ1v) is 6.11. The topological polar surface area (TPSA) is 58.6 Å². The number of anilines is 1. The smallest absolute Gasteiger partial charge is 0.277 e. The SMILES string of the molecule is O=C1Cc2cc(C(=O)N3CCCCO3)ccc2N1. The molecule has 0 bridgehead atoms. The molecule has 0 unspecified atom stereocenters. The van der Waals surface area contributed by atoms with Crippen LogP contribution in [0.2, 0.25) is 0 Å². The summed E-state index contributed by atoms with van der Waals surface area (Å²) in [5.74, 6) is -0.152. The Bertz CT molecular complexity index is 507. The van der Waals surface area contributed by atoms with E-state index in [0.29, 0.717) is 25.1 Å². The van der Waals surface area contributed by atoms with E-state index in [1.165, 1.54) is 5.06 Å². The predicted octanol–water partition coefficient (Wildman–Crippen LogP) is 1.35. The van der Waals surface area contributed by atoms with Crippen LogP contribution in [-0.4, -0.2) is 30.0 Å². The molecule has 1 saturated heterocycles. The normalized spacial score (nSPS) is 18.4. The summed E-state index contributed by atoms with van der Waals surface area (Å²) in [5, 5.41) is 4.16. The van der Waals surface area contributed by atoms with Crippen LogP contribution < -0.4 is 5.32 Å². The number of carbonyl (C=O) groups is 2. The largest absolute Gasteiger partial charge is 0.326 e. The van der Waals surface area contributed by atoms with Gasteiger partial charge >= 0.3 is 0 Å². The van der Waals surface area contributed by atoms with E-state index in [1.807, 2.05) is 0 Å². The van der Waals surface area contributed by atoms with Crippen molar-refractivity contribution in [2.75, 3.05) is 18.5 Å². The second-order valence-electron chi connectivity index (χ2n) is 4.54. The van der Waals surface area contributed by atoms with Gasteiger partial charge in [-0.25, -0.2) is 5.06 Å². The number of nitrogens with zero attached hydrogens (tertiary/aromatic N) is 1. The molecule has 1 fully saturated rings. The van der Waals surface area contributed by atoms with Crippen LogP contribution in [0.3, 0.4) is 0 Å². The van der Waals surface area contributed by atoms with Gasteiger partial charge in [0.2, 0.25) is 5.91 Å². The van der Waals surface area contributed by atoms with Crippen LogP contribution in [0.15, 0.2) is 18.2 Å². The van der Waals surface area contributed by atoms with E-state index in [4.69, 9.17) is 4.84 Å². The number of carbonyl (C=O) groups excluding carboxylic acids is 2. The van der Waals surface area contributed by atoms with E-state index in [9.17, 15) is 9.59 Å². The molecule has 0 aromatic heterocycles. The van der Waals surface area contributed by atoms with E-state index in [2.05, 4.69) is 5.32 Å². The molecule has 0 atom stereocenters. The molecule has 2 aliphatic rings. The van der Waals surface area contributed by atoms with Crippen LogP contribution in [0.5, 0.6) is 0 Å². The molecule has 5 heteroatoms.